The molecule has 2 unspecified atom stereocenters. The van der Waals surface area contributed by atoms with Gasteiger partial charge in [0.2, 0.25) is 0 Å². The molecule has 0 aliphatic carbocycles. The summed E-state index contributed by atoms with van der Waals surface area (Å²) in [4.78, 5) is 0. The Morgan fingerprint density at radius 3 is 1.64 bits per heavy atom. The van der Waals surface area contributed by atoms with Crippen molar-refractivity contribution < 1.29 is 10.2 Å². The van der Waals surface area contributed by atoms with Gasteiger partial charge in [0.25, 0.3) is 0 Å². The molecular weight excluding hydrogens is 296 g/mol. The van der Waals surface area contributed by atoms with Crippen LogP contribution >= 0.6 is 11.6 Å². The molecule has 126 valence electrons. The molecule has 0 aromatic heterocycles. The minimum absolute atomic E-state index is 0.295. The van der Waals surface area contributed by atoms with Crippen molar-refractivity contribution in [2.75, 3.05) is 5.88 Å². The smallest absolute Gasteiger partial charge is 0.105 e. The van der Waals surface area contributed by atoms with Crippen LogP contribution < -0.4 is 0 Å². The first-order valence-corrected chi connectivity index (χ1v) is 8.83. The number of halogens is 1. The van der Waals surface area contributed by atoms with Gasteiger partial charge in [-0.15, -0.1) is 11.6 Å². The minimum Gasteiger partial charge on any atom is -0.390 e. The average molecular weight is 327 g/mol. The molecule has 0 spiro atoms. The Bertz CT molecular complexity index is 451. The molecule has 3 heteroatoms. The van der Waals surface area contributed by atoms with E-state index in [1.165, 1.54) is 5.56 Å². The van der Waals surface area contributed by atoms with E-state index < -0.39 is 12.2 Å². The Hall–Kier alpha value is -0.570. The van der Waals surface area contributed by atoms with Crippen LogP contribution in [0.5, 0.6) is 0 Å². The fourth-order valence-corrected chi connectivity index (χ4v) is 3.04. The van der Waals surface area contributed by atoms with E-state index in [9.17, 15) is 10.2 Å². The molecule has 1 aromatic carbocycles. The maximum Gasteiger partial charge on any atom is 0.105 e. The topological polar surface area (TPSA) is 40.5 Å². The van der Waals surface area contributed by atoms with Gasteiger partial charge in [0, 0.05) is 5.88 Å². The highest BCUT2D eigenvalue weighted by Gasteiger charge is 2.26. The molecule has 0 bridgehead atoms. The van der Waals surface area contributed by atoms with E-state index in [0.717, 1.165) is 16.7 Å². The summed E-state index contributed by atoms with van der Waals surface area (Å²) in [5.74, 6) is 1.37. The van der Waals surface area contributed by atoms with Crippen molar-refractivity contribution in [3.63, 3.8) is 0 Å². The van der Waals surface area contributed by atoms with Gasteiger partial charge >= 0.3 is 0 Å². The lowest BCUT2D eigenvalue weighted by Crippen LogP contribution is -2.22. The Morgan fingerprint density at radius 1 is 0.864 bits per heavy atom. The predicted octanol–water partition coefficient (Wildman–Crippen LogP) is 5.08. The molecule has 2 N–H and O–H groups in total. The minimum atomic E-state index is -0.880. The lowest BCUT2D eigenvalue weighted by molar-refractivity contribution is 0.0157. The molecule has 2 atom stereocenters. The molecule has 1 rings (SSSR count). The highest BCUT2D eigenvalue weighted by molar-refractivity contribution is 6.17. The van der Waals surface area contributed by atoms with Crippen LogP contribution in [0.2, 0.25) is 0 Å². The number of hydrogen-bond acceptors (Lipinski definition) is 2. The van der Waals surface area contributed by atoms with Gasteiger partial charge in [-0.2, -0.15) is 0 Å². The molecule has 0 saturated carbocycles. The van der Waals surface area contributed by atoms with Crippen LogP contribution in [0, 0.1) is 0 Å². The quantitative estimate of drug-likeness (QED) is 0.686. The lowest BCUT2D eigenvalue weighted by Gasteiger charge is -2.28. The first-order valence-electron chi connectivity index (χ1n) is 8.30. The number of aliphatic hydroxyl groups excluding tert-OH is 2. The summed E-state index contributed by atoms with van der Waals surface area (Å²) in [5, 5.41) is 20.9. The number of hydrogen-bond donors (Lipinski definition) is 2. The van der Waals surface area contributed by atoms with E-state index in [-0.39, 0.29) is 0 Å². The Morgan fingerprint density at radius 2 is 1.32 bits per heavy atom. The summed E-state index contributed by atoms with van der Waals surface area (Å²) in [6.45, 7) is 12.9. The van der Waals surface area contributed by atoms with Crippen LogP contribution in [0.25, 0.3) is 0 Å². The summed E-state index contributed by atoms with van der Waals surface area (Å²) in [7, 11) is 0. The van der Waals surface area contributed by atoms with Crippen LogP contribution in [-0.4, -0.2) is 22.2 Å². The zero-order valence-corrected chi connectivity index (χ0v) is 15.5. The van der Waals surface area contributed by atoms with E-state index in [0.29, 0.717) is 30.1 Å². The number of rotatable bonds is 7. The highest BCUT2D eigenvalue weighted by Crippen LogP contribution is 2.37. The average Bonchev–Trinajstić information content (AvgIpc) is 2.44. The second-order valence-corrected chi connectivity index (χ2v) is 7.44. The van der Waals surface area contributed by atoms with Gasteiger partial charge < -0.3 is 10.2 Å². The molecule has 0 amide bonds. The maximum atomic E-state index is 10.7. The van der Waals surface area contributed by atoms with Crippen LogP contribution in [0.15, 0.2) is 12.1 Å². The van der Waals surface area contributed by atoms with Gasteiger partial charge in [-0.25, -0.2) is 0 Å². The van der Waals surface area contributed by atoms with Crippen LogP contribution in [0.4, 0.5) is 0 Å². The van der Waals surface area contributed by atoms with Crippen molar-refractivity contribution in [1.82, 2.24) is 0 Å². The van der Waals surface area contributed by atoms with E-state index in [2.05, 4.69) is 53.7 Å². The van der Waals surface area contributed by atoms with Crippen LogP contribution in [0.3, 0.4) is 0 Å². The van der Waals surface area contributed by atoms with Gasteiger partial charge in [-0.1, -0.05) is 53.7 Å². The summed E-state index contributed by atoms with van der Waals surface area (Å²) in [6.07, 6.45) is -1.31. The Labute approximate surface area is 140 Å². The summed E-state index contributed by atoms with van der Waals surface area (Å²) < 4.78 is 0. The molecule has 0 radical (unpaired) electrons. The first kappa shape index (κ1) is 19.5. The third-order valence-corrected chi connectivity index (χ3v) is 4.46. The number of aliphatic hydroxyl groups is 2. The monoisotopic (exact) mass is 326 g/mol. The van der Waals surface area contributed by atoms with E-state index in [1.54, 1.807) is 0 Å². The van der Waals surface area contributed by atoms with Crippen LogP contribution in [0.1, 0.15) is 94.1 Å². The van der Waals surface area contributed by atoms with Gasteiger partial charge in [0.1, 0.15) is 6.10 Å². The largest absolute Gasteiger partial charge is 0.390 e. The molecule has 0 saturated heterocycles. The summed E-state index contributed by atoms with van der Waals surface area (Å²) >= 11 is 5.73. The van der Waals surface area contributed by atoms with Crippen molar-refractivity contribution >= 4 is 11.6 Å². The van der Waals surface area contributed by atoms with Gasteiger partial charge in [-0.05, 0) is 46.4 Å². The second-order valence-electron chi connectivity index (χ2n) is 7.07. The fraction of sp³-hybridized carbons (Fsp3) is 0.684. The van der Waals surface area contributed by atoms with Crippen molar-refractivity contribution in [1.29, 1.82) is 0 Å². The highest BCUT2D eigenvalue weighted by atomic mass is 35.5. The molecular formula is C19H31ClO2. The molecule has 2 nitrogen and oxygen atoms in total. The predicted molar refractivity (Wildman–Crippen MR) is 95.0 cm³/mol. The van der Waals surface area contributed by atoms with Crippen molar-refractivity contribution in [3.8, 4) is 0 Å². The number of benzene rings is 1. The zero-order chi connectivity index (χ0) is 17.0. The normalized spacial score (nSPS) is 14.9. The molecule has 0 aliphatic heterocycles. The Kier molecular flexibility index (Phi) is 7.37. The van der Waals surface area contributed by atoms with Crippen LogP contribution in [-0.2, 0) is 0 Å². The van der Waals surface area contributed by atoms with Gasteiger partial charge in [0.15, 0.2) is 0 Å². The zero-order valence-electron chi connectivity index (χ0n) is 14.7. The molecule has 0 heterocycles. The van der Waals surface area contributed by atoms with Crippen molar-refractivity contribution in [2.45, 2.75) is 77.9 Å². The van der Waals surface area contributed by atoms with Gasteiger partial charge in [-0.3, -0.25) is 0 Å². The van der Waals surface area contributed by atoms with E-state index in [1.807, 2.05) is 0 Å². The molecule has 22 heavy (non-hydrogen) atoms. The van der Waals surface area contributed by atoms with Crippen molar-refractivity contribution in [2.24, 2.45) is 0 Å². The molecule has 0 fully saturated rings. The standard InChI is InChI=1S/C19H31ClO2/c1-11(2)14-9-15(12(3)4)18(16(10-14)13(5)6)19(22)17(21)7-8-20/h9-13,17,19,21-22H,7-8H2,1-6H3. The fourth-order valence-electron chi connectivity index (χ4n) is 2.82. The van der Waals surface area contributed by atoms with E-state index in [4.69, 9.17) is 11.6 Å². The second kappa shape index (κ2) is 8.33. The Balaban J connectivity index is 3.50. The first-order chi connectivity index (χ1) is 10.2. The van der Waals surface area contributed by atoms with E-state index >= 15 is 0 Å². The molecule has 0 aliphatic rings. The third kappa shape index (κ3) is 4.47. The number of alkyl halides is 1. The lowest BCUT2D eigenvalue weighted by atomic mass is 9.81. The SMILES string of the molecule is CC(C)c1cc(C(C)C)c(C(O)C(O)CCCl)c(C(C)C)c1. The maximum absolute atomic E-state index is 10.7. The van der Waals surface area contributed by atoms with Crippen molar-refractivity contribution in [3.05, 3.63) is 34.4 Å². The van der Waals surface area contributed by atoms with Gasteiger partial charge in [0.05, 0.1) is 6.10 Å². The molecule has 1 aromatic rings. The summed E-state index contributed by atoms with van der Waals surface area (Å²) in [6, 6.07) is 4.38. The summed E-state index contributed by atoms with van der Waals surface area (Å²) in [5.41, 5.74) is 4.45. The third-order valence-electron chi connectivity index (χ3n) is 4.24.